The average Bonchev–Trinajstić information content (AvgIpc) is 2.78. The quantitative estimate of drug-likeness (QED) is 0.511. The van der Waals surface area contributed by atoms with Crippen molar-refractivity contribution >= 4 is 11.8 Å². The summed E-state index contributed by atoms with van der Waals surface area (Å²) >= 11 is 0. The highest BCUT2D eigenvalue weighted by atomic mass is 16.5. The molecular weight excluding hydrogens is 388 g/mol. The van der Waals surface area contributed by atoms with Gasteiger partial charge in [0.1, 0.15) is 11.9 Å². The first-order valence-electron chi connectivity index (χ1n) is 10.4. The van der Waals surface area contributed by atoms with Gasteiger partial charge in [-0.2, -0.15) is 0 Å². The maximum absolute atomic E-state index is 12.8. The maximum Gasteiger partial charge on any atom is 0.253 e. The molecule has 0 aliphatic heterocycles. The normalized spacial score (nSPS) is 10.6. The Morgan fingerprint density at radius 3 is 1.61 bits per heavy atom. The zero-order chi connectivity index (χ0) is 22.2. The van der Waals surface area contributed by atoms with Gasteiger partial charge in [0.15, 0.2) is 0 Å². The lowest BCUT2D eigenvalue weighted by atomic mass is 10.1. The molecule has 0 saturated carbocycles. The van der Waals surface area contributed by atoms with Crippen molar-refractivity contribution in [2.45, 2.75) is 33.4 Å². The van der Waals surface area contributed by atoms with Crippen LogP contribution >= 0.6 is 0 Å². The van der Waals surface area contributed by atoms with E-state index in [1.165, 1.54) is 0 Å². The molecule has 2 N–H and O–H groups in total. The van der Waals surface area contributed by atoms with Crippen molar-refractivity contribution in [3.8, 4) is 5.75 Å². The lowest BCUT2D eigenvalue weighted by Crippen LogP contribution is -2.41. The topological polar surface area (TPSA) is 67.4 Å². The number of aryl methyl sites for hydroxylation is 2. The van der Waals surface area contributed by atoms with Crippen LogP contribution in [0.5, 0.6) is 5.75 Å². The number of carbonyl (C=O) groups excluding carboxylic acids is 2. The Hall–Kier alpha value is -3.60. The van der Waals surface area contributed by atoms with Gasteiger partial charge in [-0.25, -0.2) is 0 Å². The molecule has 5 nitrogen and oxygen atoms in total. The minimum atomic E-state index is -0.692. The van der Waals surface area contributed by atoms with Gasteiger partial charge in [-0.05, 0) is 62.2 Å². The maximum atomic E-state index is 12.8. The van der Waals surface area contributed by atoms with Crippen LogP contribution in [-0.4, -0.2) is 18.4 Å². The van der Waals surface area contributed by atoms with E-state index in [-0.39, 0.29) is 11.8 Å². The summed E-state index contributed by atoms with van der Waals surface area (Å²) in [6.07, 6.45) is 0.228. The Morgan fingerprint density at radius 1 is 0.742 bits per heavy atom. The molecule has 0 aromatic heterocycles. The Bertz CT molecular complexity index is 951. The van der Waals surface area contributed by atoms with E-state index < -0.39 is 6.17 Å². The number of benzene rings is 3. The third kappa shape index (κ3) is 6.19. The fourth-order valence-corrected chi connectivity index (χ4v) is 3.02. The first-order chi connectivity index (χ1) is 15.0. The summed E-state index contributed by atoms with van der Waals surface area (Å²) < 4.78 is 5.64. The largest absolute Gasteiger partial charge is 0.494 e. The van der Waals surface area contributed by atoms with Crippen LogP contribution in [0.15, 0.2) is 72.8 Å². The van der Waals surface area contributed by atoms with Gasteiger partial charge in [-0.15, -0.1) is 0 Å². The van der Waals surface area contributed by atoms with Crippen molar-refractivity contribution in [1.29, 1.82) is 0 Å². The van der Waals surface area contributed by atoms with E-state index in [2.05, 4.69) is 10.6 Å². The summed E-state index contributed by atoms with van der Waals surface area (Å²) in [6.45, 7) is 6.62. The third-order valence-electron chi connectivity index (χ3n) is 4.86. The molecule has 0 spiro atoms. The van der Waals surface area contributed by atoms with Crippen molar-refractivity contribution in [3.63, 3.8) is 0 Å². The monoisotopic (exact) mass is 416 g/mol. The van der Waals surface area contributed by atoms with Gasteiger partial charge in [0.05, 0.1) is 6.61 Å². The molecule has 0 aliphatic carbocycles. The van der Waals surface area contributed by atoms with Crippen LogP contribution in [0.3, 0.4) is 0 Å². The molecule has 0 saturated heterocycles. The summed E-state index contributed by atoms with van der Waals surface area (Å²) in [7, 11) is 0. The number of amides is 2. The average molecular weight is 417 g/mol. The summed E-state index contributed by atoms with van der Waals surface area (Å²) in [4.78, 5) is 25.6. The van der Waals surface area contributed by atoms with Crippen LogP contribution in [0, 0.1) is 13.8 Å². The second-order valence-electron chi connectivity index (χ2n) is 7.53. The third-order valence-corrected chi connectivity index (χ3v) is 4.86. The highest BCUT2D eigenvalue weighted by Crippen LogP contribution is 2.18. The standard InChI is InChI=1S/C26H28N2O3/c1-4-17-31-23-15-13-20(14-16-23)24(27-25(29)21-9-5-18(2)6-10-21)28-26(30)22-11-7-19(3)8-12-22/h5-16,24H,4,17H2,1-3H3,(H,27,29)(H,28,30). The van der Waals surface area contributed by atoms with Crippen molar-refractivity contribution in [2.24, 2.45) is 0 Å². The van der Waals surface area contributed by atoms with Crippen LogP contribution in [-0.2, 0) is 0 Å². The Morgan fingerprint density at radius 2 is 1.19 bits per heavy atom. The molecule has 31 heavy (non-hydrogen) atoms. The molecule has 0 heterocycles. The fraction of sp³-hybridized carbons (Fsp3) is 0.231. The van der Waals surface area contributed by atoms with E-state index in [0.29, 0.717) is 17.7 Å². The summed E-state index contributed by atoms with van der Waals surface area (Å²) in [5.41, 5.74) is 3.96. The summed E-state index contributed by atoms with van der Waals surface area (Å²) in [6, 6.07) is 22.0. The van der Waals surface area contributed by atoms with Crippen LogP contribution in [0.25, 0.3) is 0 Å². The second kappa shape index (κ2) is 10.4. The van der Waals surface area contributed by atoms with Gasteiger partial charge < -0.3 is 15.4 Å². The van der Waals surface area contributed by atoms with E-state index in [4.69, 9.17) is 4.74 Å². The van der Waals surface area contributed by atoms with Gasteiger partial charge in [0.2, 0.25) is 0 Å². The highest BCUT2D eigenvalue weighted by Gasteiger charge is 2.19. The number of nitrogens with one attached hydrogen (secondary N) is 2. The van der Waals surface area contributed by atoms with Gasteiger partial charge in [-0.1, -0.05) is 54.4 Å². The molecule has 0 radical (unpaired) electrons. The Labute approximate surface area is 183 Å². The molecule has 0 aliphatic rings. The van der Waals surface area contributed by atoms with Gasteiger partial charge in [0.25, 0.3) is 11.8 Å². The smallest absolute Gasteiger partial charge is 0.253 e. The first-order valence-corrected chi connectivity index (χ1v) is 10.4. The molecule has 0 atom stereocenters. The molecule has 3 rings (SSSR count). The SMILES string of the molecule is CCCOc1ccc(C(NC(=O)c2ccc(C)cc2)NC(=O)c2ccc(C)cc2)cc1. The molecule has 0 unspecified atom stereocenters. The fourth-order valence-electron chi connectivity index (χ4n) is 3.02. The Balaban J connectivity index is 1.81. The van der Waals surface area contributed by atoms with E-state index in [1.807, 2.05) is 69.3 Å². The molecule has 3 aromatic rings. The van der Waals surface area contributed by atoms with Gasteiger partial charge in [-0.3, -0.25) is 9.59 Å². The highest BCUT2D eigenvalue weighted by molar-refractivity contribution is 5.96. The van der Waals surface area contributed by atoms with E-state index in [9.17, 15) is 9.59 Å². The minimum absolute atomic E-state index is 0.263. The van der Waals surface area contributed by atoms with Crippen molar-refractivity contribution in [3.05, 3.63) is 101 Å². The van der Waals surface area contributed by atoms with Crippen molar-refractivity contribution in [2.75, 3.05) is 6.61 Å². The van der Waals surface area contributed by atoms with E-state index in [0.717, 1.165) is 28.9 Å². The second-order valence-corrected chi connectivity index (χ2v) is 7.53. The van der Waals surface area contributed by atoms with E-state index in [1.54, 1.807) is 24.3 Å². The molecule has 0 bridgehead atoms. The summed E-state index contributed by atoms with van der Waals surface area (Å²) in [5, 5.41) is 5.86. The molecule has 160 valence electrons. The van der Waals surface area contributed by atoms with Crippen molar-refractivity contribution in [1.82, 2.24) is 10.6 Å². The van der Waals surface area contributed by atoms with Crippen LogP contribution in [0.1, 0.15) is 56.9 Å². The number of hydrogen-bond acceptors (Lipinski definition) is 3. The summed E-state index contributed by atoms with van der Waals surface area (Å²) in [5.74, 6) is 0.222. The Kier molecular flexibility index (Phi) is 7.44. The molecular formula is C26H28N2O3. The number of hydrogen-bond donors (Lipinski definition) is 2. The van der Waals surface area contributed by atoms with Gasteiger partial charge in [0, 0.05) is 11.1 Å². The minimum Gasteiger partial charge on any atom is -0.494 e. The van der Waals surface area contributed by atoms with Crippen LogP contribution in [0.2, 0.25) is 0 Å². The first kappa shape index (κ1) is 22.1. The lowest BCUT2D eigenvalue weighted by molar-refractivity contribution is 0.0883. The number of carbonyl (C=O) groups is 2. The number of rotatable bonds is 8. The van der Waals surface area contributed by atoms with Crippen molar-refractivity contribution < 1.29 is 14.3 Å². The predicted octanol–water partition coefficient (Wildman–Crippen LogP) is 4.95. The van der Waals surface area contributed by atoms with Gasteiger partial charge >= 0.3 is 0 Å². The molecule has 5 heteroatoms. The molecule has 2 amide bonds. The molecule has 0 fully saturated rings. The predicted molar refractivity (Wildman–Crippen MR) is 122 cm³/mol. The van der Waals surface area contributed by atoms with Crippen LogP contribution in [0.4, 0.5) is 0 Å². The van der Waals surface area contributed by atoms with E-state index >= 15 is 0 Å². The molecule has 3 aromatic carbocycles. The lowest BCUT2D eigenvalue weighted by Gasteiger charge is -2.21. The zero-order valence-corrected chi connectivity index (χ0v) is 18.1. The zero-order valence-electron chi connectivity index (χ0n) is 18.1. The number of ether oxygens (including phenoxy) is 1. The van der Waals surface area contributed by atoms with Crippen LogP contribution < -0.4 is 15.4 Å².